The quantitative estimate of drug-likeness (QED) is 0.510. The highest BCUT2D eigenvalue weighted by atomic mass is 16.5. The minimum atomic E-state index is -0.256. The fourth-order valence-corrected chi connectivity index (χ4v) is 3.37. The van der Waals surface area contributed by atoms with Gasteiger partial charge >= 0.3 is 5.97 Å². The Balaban J connectivity index is 2.06. The molecule has 0 aliphatic rings. The number of aryl methyl sites for hydroxylation is 1. The number of carbonyl (C=O) groups is 2. The van der Waals surface area contributed by atoms with Gasteiger partial charge in [-0.3, -0.25) is 4.79 Å². The second kappa shape index (κ2) is 12.9. The van der Waals surface area contributed by atoms with Crippen molar-refractivity contribution in [2.24, 2.45) is 0 Å². The number of hydrogen-bond donors (Lipinski definition) is 1. The average Bonchev–Trinajstić information content (AvgIpc) is 3.14. The van der Waals surface area contributed by atoms with Crippen LogP contribution in [-0.4, -0.2) is 49.6 Å². The fourth-order valence-electron chi connectivity index (χ4n) is 3.37. The Labute approximate surface area is 179 Å². The zero-order chi connectivity index (χ0) is 21.8. The van der Waals surface area contributed by atoms with Crippen molar-refractivity contribution in [3.05, 3.63) is 59.5 Å². The molecule has 1 N–H and O–H groups in total. The minimum Gasteiger partial charge on any atom is -0.464 e. The number of carbonyl (C=O) groups excluding carboxylic acids is 2. The monoisotopic (exact) mass is 415 g/mol. The van der Waals surface area contributed by atoms with Crippen LogP contribution in [0.15, 0.2) is 46.9 Å². The summed E-state index contributed by atoms with van der Waals surface area (Å²) in [6.07, 6.45) is 2.75. The highest BCUT2D eigenvalue weighted by Gasteiger charge is 2.23. The first kappa shape index (κ1) is 23.7. The molecule has 164 valence electrons. The summed E-state index contributed by atoms with van der Waals surface area (Å²) in [6.45, 7) is 8.45. The Morgan fingerprint density at radius 3 is 2.47 bits per heavy atom. The molecule has 0 fully saturated rings. The Morgan fingerprint density at radius 1 is 1.07 bits per heavy atom. The lowest BCUT2D eigenvalue weighted by molar-refractivity contribution is -0.885. The number of furan rings is 1. The normalized spacial score (nSPS) is 11.8. The molecule has 0 spiro atoms. The van der Waals surface area contributed by atoms with Crippen LogP contribution in [0.25, 0.3) is 0 Å². The first-order chi connectivity index (χ1) is 14.5. The van der Waals surface area contributed by atoms with Gasteiger partial charge in [0, 0.05) is 6.54 Å². The molecule has 0 aliphatic carbocycles. The van der Waals surface area contributed by atoms with Crippen molar-refractivity contribution < 1.29 is 23.6 Å². The van der Waals surface area contributed by atoms with Crippen LogP contribution in [-0.2, 0) is 27.3 Å². The summed E-state index contributed by atoms with van der Waals surface area (Å²) < 4.78 is 10.8. The third-order valence-electron chi connectivity index (χ3n) is 4.99. The van der Waals surface area contributed by atoms with E-state index in [0.29, 0.717) is 19.7 Å². The van der Waals surface area contributed by atoms with Gasteiger partial charge in [0.25, 0.3) is 5.91 Å². The summed E-state index contributed by atoms with van der Waals surface area (Å²) >= 11 is 0. The number of esters is 1. The molecule has 0 saturated heterocycles. The first-order valence-corrected chi connectivity index (χ1v) is 10.9. The van der Waals surface area contributed by atoms with Gasteiger partial charge in [-0.2, -0.15) is 0 Å². The number of amides is 1. The van der Waals surface area contributed by atoms with Crippen molar-refractivity contribution >= 4 is 11.9 Å². The van der Waals surface area contributed by atoms with E-state index >= 15 is 0 Å². The molecule has 0 saturated carbocycles. The number of benzene rings is 1. The molecule has 6 heteroatoms. The van der Waals surface area contributed by atoms with Crippen molar-refractivity contribution in [3.8, 4) is 0 Å². The van der Waals surface area contributed by atoms with E-state index in [9.17, 15) is 9.59 Å². The number of unbranched alkanes of at least 4 members (excludes halogenated alkanes) is 1. The largest absolute Gasteiger partial charge is 0.464 e. The third-order valence-corrected chi connectivity index (χ3v) is 4.99. The van der Waals surface area contributed by atoms with Gasteiger partial charge in [0.15, 0.2) is 13.1 Å². The second-order valence-electron chi connectivity index (χ2n) is 7.58. The van der Waals surface area contributed by atoms with Crippen LogP contribution in [0.4, 0.5) is 0 Å². The molecule has 0 aliphatic heterocycles. The molecular weight excluding hydrogens is 380 g/mol. The summed E-state index contributed by atoms with van der Waals surface area (Å²) in [6, 6.07) is 14.0. The molecule has 0 bridgehead atoms. The third kappa shape index (κ3) is 8.41. The Bertz CT molecular complexity index is 773. The topological polar surface area (TPSA) is 64.2 Å². The average molecular weight is 416 g/mol. The van der Waals surface area contributed by atoms with Crippen LogP contribution >= 0.6 is 0 Å². The van der Waals surface area contributed by atoms with Gasteiger partial charge in [-0.15, -0.1) is 0 Å². The number of quaternary nitrogens is 1. The molecule has 6 nitrogen and oxygen atoms in total. The number of rotatable bonds is 13. The van der Waals surface area contributed by atoms with Gasteiger partial charge in [-0.25, -0.2) is 4.79 Å². The maximum absolute atomic E-state index is 13.2. The van der Waals surface area contributed by atoms with Gasteiger partial charge in [-0.1, -0.05) is 43.7 Å². The fraction of sp³-hybridized carbons (Fsp3) is 0.500. The molecular formula is C24H35N2O4+. The summed E-state index contributed by atoms with van der Waals surface area (Å²) in [5, 5.41) is 0. The van der Waals surface area contributed by atoms with Crippen LogP contribution < -0.4 is 4.90 Å². The van der Waals surface area contributed by atoms with Crippen molar-refractivity contribution in [2.45, 2.75) is 46.6 Å². The van der Waals surface area contributed by atoms with Gasteiger partial charge in [-0.05, 0) is 44.4 Å². The first-order valence-electron chi connectivity index (χ1n) is 10.9. The van der Waals surface area contributed by atoms with Gasteiger partial charge in [0.1, 0.15) is 11.5 Å². The van der Waals surface area contributed by atoms with E-state index in [0.717, 1.165) is 42.2 Å². The van der Waals surface area contributed by atoms with Crippen molar-refractivity contribution in [1.82, 2.24) is 4.90 Å². The van der Waals surface area contributed by atoms with Gasteiger partial charge < -0.3 is 19.0 Å². The highest BCUT2D eigenvalue weighted by molar-refractivity contribution is 5.77. The minimum absolute atomic E-state index is 0.0235. The lowest BCUT2D eigenvalue weighted by Crippen LogP contribution is -3.14. The smallest absolute Gasteiger partial charge is 0.361 e. The highest BCUT2D eigenvalue weighted by Crippen LogP contribution is 2.11. The Hall–Kier alpha value is -2.60. The van der Waals surface area contributed by atoms with Crippen LogP contribution in [0, 0.1) is 6.92 Å². The van der Waals surface area contributed by atoms with Crippen molar-refractivity contribution in [2.75, 3.05) is 32.8 Å². The summed E-state index contributed by atoms with van der Waals surface area (Å²) in [7, 11) is 0. The molecule has 2 rings (SSSR count). The molecule has 1 aromatic heterocycles. The van der Waals surface area contributed by atoms with Crippen LogP contribution in [0.3, 0.4) is 0 Å². The zero-order valence-electron chi connectivity index (χ0n) is 18.5. The van der Waals surface area contributed by atoms with Crippen LogP contribution in [0.1, 0.15) is 43.8 Å². The molecule has 1 aromatic carbocycles. The SMILES string of the molecule is CCCC[NH+](CC(=O)OCC)CC(=O)N(CCc1ccccc1)Cc1ccc(C)o1. The van der Waals surface area contributed by atoms with Gasteiger partial charge in [0.05, 0.1) is 19.7 Å². The van der Waals surface area contributed by atoms with E-state index in [1.54, 1.807) is 6.92 Å². The molecule has 1 unspecified atom stereocenters. The van der Waals surface area contributed by atoms with Crippen molar-refractivity contribution in [1.29, 1.82) is 0 Å². The van der Waals surface area contributed by atoms with E-state index in [-0.39, 0.29) is 25.0 Å². The predicted octanol–water partition coefficient (Wildman–Crippen LogP) is 2.41. The number of nitrogens with zero attached hydrogens (tertiary/aromatic N) is 1. The van der Waals surface area contributed by atoms with E-state index in [4.69, 9.17) is 9.15 Å². The number of hydrogen-bond acceptors (Lipinski definition) is 4. The number of nitrogens with one attached hydrogen (secondary N) is 1. The standard InChI is InChI=1S/C24H34N2O4/c1-4-6-15-25(19-24(28)29-5-2)18-23(27)26(17-22-13-12-20(3)30-22)16-14-21-10-8-7-9-11-21/h7-13H,4-6,14-19H2,1-3H3/p+1. The lowest BCUT2D eigenvalue weighted by atomic mass is 10.1. The van der Waals surface area contributed by atoms with E-state index in [1.807, 2.05) is 42.2 Å². The van der Waals surface area contributed by atoms with Crippen LogP contribution in [0.5, 0.6) is 0 Å². The van der Waals surface area contributed by atoms with E-state index in [2.05, 4.69) is 19.1 Å². The van der Waals surface area contributed by atoms with Crippen LogP contribution in [0.2, 0.25) is 0 Å². The predicted molar refractivity (Wildman–Crippen MR) is 116 cm³/mol. The molecule has 1 amide bonds. The van der Waals surface area contributed by atoms with E-state index < -0.39 is 0 Å². The Morgan fingerprint density at radius 2 is 1.83 bits per heavy atom. The zero-order valence-corrected chi connectivity index (χ0v) is 18.5. The molecule has 1 atom stereocenters. The molecule has 2 aromatic rings. The summed E-state index contributed by atoms with van der Waals surface area (Å²) in [5.41, 5.74) is 1.19. The Kier molecular flexibility index (Phi) is 10.1. The second-order valence-corrected chi connectivity index (χ2v) is 7.58. The molecule has 1 heterocycles. The molecule has 0 radical (unpaired) electrons. The maximum Gasteiger partial charge on any atom is 0.361 e. The van der Waals surface area contributed by atoms with E-state index in [1.165, 1.54) is 5.56 Å². The summed E-state index contributed by atoms with van der Waals surface area (Å²) in [4.78, 5) is 28.0. The summed E-state index contributed by atoms with van der Waals surface area (Å²) in [5.74, 6) is 1.37. The van der Waals surface area contributed by atoms with Crippen molar-refractivity contribution in [3.63, 3.8) is 0 Å². The molecule has 30 heavy (non-hydrogen) atoms. The number of ether oxygens (including phenoxy) is 1. The lowest BCUT2D eigenvalue weighted by Gasteiger charge is -2.25. The van der Waals surface area contributed by atoms with Gasteiger partial charge in [0.2, 0.25) is 0 Å². The maximum atomic E-state index is 13.2.